The first-order valence-corrected chi connectivity index (χ1v) is 7.30. The van der Waals surface area contributed by atoms with Gasteiger partial charge >= 0.3 is 5.97 Å². The smallest absolute Gasteiger partial charge is 0.374 e. The second-order valence-electron chi connectivity index (χ2n) is 5.53. The van der Waals surface area contributed by atoms with Crippen LogP contribution in [0.25, 0.3) is 0 Å². The van der Waals surface area contributed by atoms with Crippen molar-refractivity contribution in [1.29, 1.82) is 0 Å². The molecule has 5 heteroatoms. The van der Waals surface area contributed by atoms with Crippen LogP contribution in [0.5, 0.6) is 0 Å². The number of carbonyl (C=O) groups excluding carboxylic acids is 1. The standard InChI is InChI=1S/C17H18FNO3/c1-21-17(20)16-13(8-9-22-16)11-19(15-6-7-15)10-12-2-4-14(18)5-3-12/h2-5,8-9,15H,6-7,10-11H2,1H3. The van der Waals surface area contributed by atoms with Crippen LogP contribution in [-0.4, -0.2) is 24.0 Å². The second kappa shape index (κ2) is 6.32. The van der Waals surface area contributed by atoms with Crippen molar-refractivity contribution in [3.05, 3.63) is 59.3 Å². The highest BCUT2D eigenvalue weighted by Gasteiger charge is 2.30. The molecule has 4 nitrogen and oxygen atoms in total. The first kappa shape index (κ1) is 14.8. The summed E-state index contributed by atoms with van der Waals surface area (Å²) in [6, 6.07) is 8.83. The van der Waals surface area contributed by atoms with Gasteiger partial charge in [-0.3, -0.25) is 4.90 Å². The third-order valence-electron chi connectivity index (χ3n) is 3.85. The average Bonchev–Trinajstić information content (AvgIpc) is 3.28. The maximum Gasteiger partial charge on any atom is 0.374 e. The van der Waals surface area contributed by atoms with Crippen LogP contribution >= 0.6 is 0 Å². The summed E-state index contributed by atoms with van der Waals surface area (Å²) in [6.45, 7) is 1.33. The highest BCUT2D eigenvalue weighted by molar-refractivity contribution is 5.87. The molecule has 0 atom stereocenters. The lowest BCUT2D eigenvalue weighted by Gasteiger charge is -2.21. The van der Waals surface area contributed by atoms with E-state index in [0.29, 0.717) is 12.6 Å². The van der Waals surface area contributed by atoms with Gasteiger partial charge in [0.2, 0.25) is 5.76 Å². The summed E-state index contributed by atoms with van der Waals surface area (Å²) >= 11 is 0. The highest BCUT2D eigenvalue weighted by atomic mass is 19.1. The van der Waals surface area contributed by atoms with Crippen molar-refractivity contribution in [3.63, 3.8) is 0 Å². The largest absolute Gasteiger partial charge is 0.463 e. The van der Waals surface area contributed by atoms with Crippen molar-refractivity contribution in [2.45, 2.75) is 32.0 Å². The molecule has 3 rings (SSSR count). The molecule has 0 amide bonds. The van der Waals surface area contributed by atoms with E-state index < -0.39 is 5.97 Å². The molecule has 0 spiro atoms. The molecule has 0 aliphatic heterocycles. The summed E-state index contributed by atoms with van der Waals surface area (Å²) in [7, 11) is 1.34. The van der Waals surface area contributed by atoms with E-state index in [1.165, 1.54) is 25.5 Å². The first-order chi connectivity index (χ1) is 10.7. The second-order valence-corrected chi connectivity index (χ2v) is 5.53. The Morgan fingerprint density at radius 3 is 2.64 bits per heavy atom. The van der Waals surface area contributed by atoms with E-state index in [9.17, 15) is 9.18 Å². The first-order valence-electron chi connectivity index (χ1n) is 7.30. The number of hydrogen-bond donors (Lipinski definition) is 0. The quantitative estimate of drug-likeness (QED) is 0.767. The number of esters is 1. The third kappa shape index (κ3) is 3.36. The fraction of sp³-hybridized carbons (Fsp3) is 0.353. The van der Waals surface area contributed by atoms with E-state index >= 15 is 0 Å². The number of benzene rings is 1. The number of methoxy groups -OCH3 is 1. The van der Waals surface area contributed by atoms with Crippen LogP contribution in [-0.2, 0) is 17.8 Å². The van der Waals surface area contributed by atoms with Gasteiger partial charge in [-0.2, -0.15) is 0 Å². The van der Waals surface area contributed by atoms with Gasteiger partial charge in [0.05, 0.1) is 13.4 Å². The van der Waals surface area contributed by atoms with Crippen molar-refractivity contribution in [2.24, 2.45) is 0 Å². The van der Waals surface area contributed by atoms with Crippen molar-refractivity contribution in [1.82, 2.24) is 4.90 Å². The molecule has 116 valence electrons. The summed E-state index contributed by atoms with van der Waals surface area (Å²) in [5, 5.41) is 0. The molecule has 0 N–H and O–H groups in total. The molecule has 1 heterocycles. The number of hydrogen-bond acceptors (Lipinski definition) is 4. The number of furan rings is 1. The van der Waals surface area contributed by atoms with E-state index in [-0.39, 0.29) is 11.6 Å². The van der Waals surface area contributed by atoms with E-state index in [4.69, 9.17) is 9.15 Å². The Kier molecular flexibility index (Phi) is 4.24. The SMILES string of the molecule is COC(=O)c1occc1CN(Cc1ccc(F)cc1)C1CC1. The van der Waals surface area contributed by atoms with Crippen molar-refractivity contribution in [3.8, 4) is 0 Å². The summed E-state index contributed by atoms with van der Waals surface area (Å²) < 4.78 is 23.0. The molecule has 1 fully saturated rings. The minimum Gasteiger partial charge on any atom is -0.463 e. The number of halogens is 1. The fourth-order valence-electron chi connectivity index (χ4n) is 2.53. The molecule has 0 radical (unpaired) electrons. The number of ether oxygens (including phenoxy) is 1. The zero-order valence-corrected chi connectivity index (χ0v) is 12.4. The van der Waals surface area contributed by atoms with Crippen LogP contribution in [0.4, 0.5) is 4.39 Å². The van der Waals surface area contributed by atoms with Crippen molar-refractivity contribution >= 4 is 5.97 Å². The Hall–Kier alpha value is -2.14. The van der Waals surface area contributed by atoms with Gasteiger partial charge in [-0.05, 0) is 36.6 Å². The summed E-state index contributed by atoms with van der Waals surface area (Å²) in [4.78, 5) is 14.0. The monoisotopic (exact) mass is 303 g/mol. The summed E-state index contributed by atoms with van der Waals surface area (Å²) in [5.74, 6) is -0.436. The molecule has 0 bridgehead atoms. The molecule has 1 aromatic carbocycles. The van der Waals surface area contributed by atoms with Crippen LogP contribution in [0.3, 0.4) is 0 Å². The Bertz CT molecular complexity index is 646. The Morgan fingerprint density at radius 2 is 2.00 bits per heavy atom. The van der Waals surface area contributed by atoms with E-state index in [0.717, 1.165) is 30.5 Å². The van der Waals surface area contributed by atoms with Crippen LogP contribution in [0.2, 0.25) is 0 Å². The lowest BCUT2D eigenvalue weighted by Crippen LogP contribution is -2.25. The minimum atomic E-state index is -0.461. The molecular weight excluding hydrogens is 285 g/mol. The molecular formula is C17H18FNO3. The van der Waals surface area contributed by atoms with Gasteiger partial charge in [-0.1, -0.05) is 12.1 Å². The Labute approximate surface area is 128 Å². The third-order valence-corrected chi connectivity index (χ3v) is 3.85. The predicted octanol–water partition coefficient (Wildman–Crippen LogP) is 3.37. The molecule has 1 aliphatic rings. The highest BCUT2D eigenvalue weighted by Crippen LogP contribution is 2.30. The van der Waals surface area contributed by atoms with Crippen LogP contribution < -0.4 is 0 Å². The Balaban J connectivity index is 1.74. The van der Waals surface area contributed by atoms with Gasteiger partial charge < -0.3 is 9.15 Å². The lowest BCUT2D eigenvalue weighted by atomic mass is 10.1. The summed E-state index contributed by atoms with van der Waals surface area (Å²) in [6.07, 6.45) is 3.80. The molecule has 0 saturated heterocycles. The van der Waals surface area contributed by atoms with Gasteiger partial charge in [0.15, 0.2) is 0 Å². The normalized spacial score (nSPS) is 14.3. The topological polar surface area (TPSA) is 42.7 Å². The molecule has 2 aromatic rings. The van der Waals surface area contributed by atoms with Crippen molar-refractivity contribution in [2.75, 3.05) is 7.11 Å². The lowest BCUT2D eigenvalue weighted by molar-refractivity contribution is 0.0561. The molecule has 1 aromatic heterocycles. The van der Waals surface area contributed by atoms with E-state index in [1.54, 1.807) is 18.2 Å². The van der Waals surface area contributed by atoms with Gasteiger partial charge in [0, 0.05) is 24.7 Å². The van der Waals surface area contributed by atoms with E-state index in [1.807, 2.05) is 0 Å². The zero-order chi connectivity index (χ0) is 15.5. The van der Waals surface area contributed by atoms with Gasteiger partial charge in [-0.25, -0.2) is 9.18 Å². The maximum atomic E-state index is 13.0. The van der Waals surface area contributed by atoms with Crippen molar-refractivity contribution < 1.29 is 18.3 Å². The number of carbonyl (C=O) groups is 1. The van der Waals surface area contributed by atoms with E-state index in [2.05, 4.69) is 4.90 Å². The van der Waals surface area contributed by atoms with Crippen LogP contribution in [0.15, 0.2) is 41.0 Å². The fourth-order valence-corrected chi connectivity index (χ4v) is 2.53. The van der Waals surface area contributed by atoms with Crippen LogP contribution in [0.1, 0.15) is 34.5 Å². The molecule has 1 saturated carbocycles. The molecule has 0 unspecified atom stereocenters. The molecule has 22 heavy (non-hydrogen) atoms. The number of nitrogens with zero attached hydrogens (tertiary/aromatic N) is 1. The maximum absolute atomic E-state index is 13.0. The number of rotatable bonds is 6. The van der Waals surface area contributed by atoms with Gasteiger partial charge in [-0.15, -0.1) is 0 Å². The minimum absolute atomic E-state index is 0.232. The Morgan fingerprint density at radius 1 is 1.27 bits per heavy atom. The predicted molar refractivity (Wildman–Crippen MR) is 78.7 cm³/mol. The van der Waals surface area contributed by atoms with Gasteiger partial charge in [0.1, 0.15) is 5.82 Å². The van der Waals surface area contributed by atoms with Crippen LogP contribution in [0, 0.1) is 5.82 Å². The average molecular weight is 303 g/mol. The van der Waals surface area contributed by atoms with Gasteiger partial charge in [0.25, 0.3) is 0 Å². The zero-order valence-electron chi connectivity index (χ0n) is 12.4. The summed E-state index contributed by atoms with van der Waals surface area (Å²) in [5.41, 5.74) is 1.87. The molecule has 1 aliphatic carbocycles.